The lowest BCUT2D eigenvalue weighted by atomic mass is 10.1. The van der Waals surface area contributed by atoms with Crippen LogP contribution in [-0.2, 0) is 18.3 Å². The van der Waals surface area contributed by atoms with Gasteiger partial charge in [0.05, 0.1) is 22.8 Å². The third-order valence-electron chi connectivity index (χ3n) is 2.48. The second-order valence-corrected chi connectivity index (χ2v) is 4.25. The first-order valence-electron chi connectivity index (χ1n) is 5.17. The standard InChI is InChI=1S/C12H10ClFN2O2/c1-16-11(5-8(15-16)6-12(17)18)7-2-3-10(14)9(13)4-7/h2-5H,6H2,1H3,(H,17,18). The number of nitrogens with zero attached hydrogens (tertiary/aromatic N) is 2. The van der Waals surface area contributed by atoms with Crippen LogP contribution >= 0.6 is 11.6 Å². The molecule has 0 bridgehead atoms. The summed E-state index contributed by atoms with van der Waals surface area (Å²) >= 11 is 5.71. The minimum Gasteiger partial charge on any atom is -0.481 e. The molecule has 1 heterocycles. The Labute approximate surface area is 108 Å². The second-order valence-electron chi connectivity index (χ2n) is 3.84. The normalized spacial score (nSPS) is 10.6. The van der Waals surface area contributed by atoms with Gasteiger partial charge in [0, 0.05) is 12.6 Å². The lowest BCUT2D eigenvalue weighted by molar-refractivity contribution is -0.136. The molecule has 0 radical (unpaired) electrons. The van der Waals surface area contributed by atoms with Gasteiger partial charge in [-0.1, -0.05) is 11.6 Å². The van der Waals surface area contributed by atoms with Gasteiger partial charge in [-0.3, -0.25) is 9.48 Å². The van der Waals surface area contributed by atoms with Crippen molar-refractivity contribution in [2.24, 2.45) is 7.05 Å². The molecule has 0 saturated carbocycles. The van der Waals surface area contributed by atoms with Crippen LogP contribution in [0.15, 0.2) is 24.3 Å². The lowest BCUT2D eigenvalue weighted by Gasteiger charge is -2.02. The number of benzene rings is 1. The molecule has 0 aliphatic heterocycles. The molecule has 1 aromatic carbocycles. The first kappa shape index (κ1) is 12.6. The SMILES string of the molecule is Cn1nc(CC(=O)O)cc1-c1ccc(F)c(Cl)c1. The average molecular weight is 269 g/mol. The molecule has 1 aromatic heterocycles. The molecule has 2 rings (SSSR count). The molecule has 6 heteroatoms. The zero-order chi connectivity index (χ0) is 13.3. The second kappa shape index (κ2) is 4.78. The van der Waals surface area contributed by atoms with Crippen LogP contribution in [0.3, 0.4) is 0 Å². The highest BCUT2D eigenvalue weighted by Gasteiger charge is 2.11. The van der Waals surface area contributed by atoms with E-state index in [1.165, 1.54) is 12.1 Å². The maximum atomic E-state index is 13.1. The molecule has 0 fully saturated rings. The number of carboxylic acid groups (broad SMARTS) is 1. The van der Waals surface area contributed by atoms with Crippen molar-refractivity contribution in [3.63, 3.8) is 0 Å². The van der Waals surface area contributed by atoms with Crippen LogP contribution in [0.5, 0.6) is 0 Å². The quantitative estimate of drug-likeness (QED) is 0.931. The van der Waals surface area contributed by atoms with Crippen molar-refractivity contribution in [3.05, 3.63) is 40.8 Å². The van der Waals surface area contributed by atoms with Gasteiger partial charge < -0.3 is 5.11 Å². The number of carbonyl (C=O) groups is 1. The molecule has 0 aliphatic carbocycles. The number of hydrogen-bond donors (Lipinski definition) is 1. The van der Waals surface area contributed by atoms with Gasteiger partial charge in [0.25, 0.3) is 0 Å². The molecule has 0 unspecified atom stereocenters. The Hall–Kier alpha value is -1.88. The minimum atomic E-state index is -0.947. The first-order valence-corrected chi connectivity index (χ1v) is 5.55. The van der Waals surface area contributed by atoms with Gasteiger partial charge in [-0.25, -0.2) is 4.39 Å². The molecule has 0 spiro atoms. The molecular formula is C12H10ClFN2O2. The van der Waals surface area contributed by atoms with E-state index in [0.29, 0.717) is 17.0 Å². The Morgan fingerprint density at radius 3 is 2.83 bits per heavy atom. The Kier molecular flexibility index (Phi) is 3.34. The van der Waals surface area contributed by atoms with Crippen molar-refractivity contribution >= 4 is 17.6 Å². The summed E-state index contributed by atoms with van der Waals surface area (Å²) < 4.78 is 14.6. The van der Waals surface area contributed by atoms with Crippen molar-refractivity contribution in [1.82, 2.24) is 9.78 Å². The van der Waals surface area contributed by atoms with Gasteiger partial charge in [0.1, 0.15) is 5.82 Å². The molecular weight excluding hydrogens is 259 g/mol. The summed E-state index contributed by atoms with van der Waals surface area (Å²) in [5.41, 5.74) is 1.82. The van der Waals surface area contributed by atoms with Crippen LogP contribution in [0.4, 0.5) is 4.39 Å². The van der Waals surface area contributed by atoms with E-state index in [9.17, 15) is 9.18 Å². The summed E-state index contributed by atoms with van der Waals surface area (Å²) in [4.78, 5) is 10.6. The zero-order valence-corrected chi connectivity index (χ0v) is 10.3. The summed E-state index contributed by atoms with van der Waals surface area (Å²) in [6.07, 6.45) is -0.150. The maximum Gasteiger partial charge on any atom is 0.309 e. The zero-order valence-electron chi connectivity index (χ0n) is 9.52. The van der Waals surface area contributed by atoms with Crippen LogP contribution in [-0.4, -0.2) is 20.9 Å². The summed E-state index contributed by atoms with van der Waals surface area (Å²) in [6.45, 7) is 0. The predicted molar refractivity (Wildman–Crippen MR) is 65.0 cm³/mol. The topological polar surface area (TPSA) is 55.1 Å². The van der Waals surface area contributed by atoms with Gasteiger partial charge in [-0.05, 0) is 24.3 Å². The third-order valence-corrected chi connectivity index (χ3v) is 2.77. The van der Waals surface area contributed by atoms with Crippen molar-refractivity contribution in [3.8, 4) is 11.3 Å². The average Bonchev–Trinajstić information content (AvgIpc) is 2.62. The fraction of sp³-hybridized carbons (Fsp3) is 0.167. The van der Waals surface area contributed by atoms with Crippen molar-refractivity contribution in [2.75, 3.05) is 0 Å². The van der Waals surface area contributed by atoms with E-state index < -0.39 is 11.8 Å². The first-order chi connectivity index (χ1) is 8.47. The van der Waals surface area contributed by atoms with Crippen LogP contribution in [0.25, 0.3) is 11.3 Å². The molecule has 94 valence electrons. The van der Waals surface area contributed by atoms with E-state index in [2.05, 4.69) is 5.10 Å². The van der Waals surface area contributed by atoms with E-state index in [0.717, 1.165) is 0 Å². The summed E-state index contributed by atoms with van der Waals surface area (Å²) in [5, 5.41) is 12.8. The minimum absolute atomic E-state index is 0.0217. The molecule has 0 aliphatic rings. The van der Waals surface area contributed by atoms with Gasteiger partial charge in [-0.15, -0.1) is 0 Å². The summed E-state index contributed by atoms with van der Waals surface area (Å²) in [5.74, 6) is -1.44. The lowest BCUT2D eigenvalue weighted by Crippen LogP contribution is -2.01. The Morgan fingerprint density at radius 2 is 2.22 bits per heavy atom. The molecule has 4 nitrogen and oxygen atoms in total. The van der Waals surface area contributed by atoms with E-state index in [4.69, 9.17) is 16.7 Å². The smallest absolute Gasteiger partial charge is 0.309 e. The number of aromatic nitrogens is 2. The van der Waals surface area contributed by atoms with Crippen LogP contribution in [0, 0.1) is 5.82 Å². The summed E-state index contributed by atoms with van der Waals surface area (Å²) in [6, 6.07) is 5.97. The maximum absolute atomic E-state index is 13.1. The van der Waals surface area contributed by atoms with Crippen LogP contribution in [0.1, 0.15) is 5.69 Å². The highest BCUT2D eigenvalue weighted by Crippen LogP contribution is 2.25. The molecule has 2 aromatic rings. The van der Waals surface area contributed by atoms with E-state index in [1.54, 1.807) is 23.9 Å². The van der Waals surface area contributed by atoms with E-state index in [1.807, 2.05) is 0 Å². The van der Waals surface area contributed by atoms with Gasteiger partial charge in [0.2, 0.25) is 0 Å². The van der Waals surface area contributed by atoms with E-state index >= 15 is 0 Å². The number of rotatable bonds is 3. The van der Waals surface area contributed by atoms with Crippen molar-refractivity contribution in [2.45, 2.75) is 6.42 Å². The molecule has 18 heavy (non-hydrogen) atoms. The van der Waals surface area contributed by atoms with Gasteiger partial charge >= 0.3 is 5.97 Å². The van der Waals surface area contributed by atoms with E-state index in [-0.39, 0.29) is 11.4 Å². The molecule has 0 saturated heterocycles. The highest BCUT2D eigenvalue weighted by atomic mass is 35.5. The number of aryl methyl sites for hydroxylation is 1. The number of hydrogen-bond acceptors (Lipinski definition) is 2. The van der Waals surface area contributed by atoms with Crippen molar-refractivity contribution in [1.29, 1.82) is 0 Å². The molecule has 0 amide bonds. The molecule has 0 atom stereocenters. The Balaban J connectivity index is 2.41. The third kappa shape index (κ3) is 2.51. The molecule has 1 N–H and O–H groups in total. The largest absolute Gasteiger partial charge is 0.481 e. The van der Waals surface area contributed by atoms with Gasteiger partial charge in [0.15, 0.2) is 0 Å². The predicted octanol–water partition coefficient (Wildman–Crippen LogP) is 2.51. The van der Waals surface area contributed by atoms with Crippen LogP contribution < -0.4 is 0 Å². The summed E-state index contributed by atoms with van der Waals surface area (Å²) in [7, 11) is 1.69. The number of halogens is 2. The van der Waals surface area contributed by atoms with Gasteiger partial charge in [-0.2, -0.15) is 5.10 Å². The fourth-order valence-electron chi connectivity index (χ4n) is 1.69. The monoisotopic (exact) mass is 268 g/mol. The number of aliphatic carboxylic acids is 1. The fourth-order valence-corrected chi connectivity index (χ4v) is 1.87. The van der Waals surface area contributed by atoms with Crippen molar-refractivity contribution < 1.29 is 14.3 Å². The Morgan fingerprint density at radius 1 is 1.50 bits per heavy atom. The highest BCUT2D eigenvalue weighted by molar-refractivity contribution is 6.31. The number of carboxylic acids is 1. The van der Waals surface area contributed by atoms with Crippen LogP contribution in [0.2, 0.25) is 5.02 Å². The Bertz CT molecular complexity index is 610.